The Morgan fingerprint density at radius 1 is 1.12 bits per heavy atom. The molecule has 0 bridgehead atoms. The molecule has 3 heteroatoms. The molecule has 0 aliphatic rings. The van der Waals surface area contributed by atoms with E-state index < -0.39 is 0 Å². The molecule has 0 atom stereocenters. The summed E-state index contributed by atoms with van der Waals surface area (Å²) in [4.78, 5) is 13.4. The van der Waals surface area contributed by atoms with Crippen molar-refractivity contribution in [3.63, 3.8) is 0 Å². The average Bonchev–Trinajstić information content (AvgIpc) is 2.15. The Hall–Kier alpha value is -0.570. The van der Waals surface area contributed by atoms with E-state index in [9.17, 15) is 4.79 Å². The third-order valence-electron chi connectivity index (χ3n) is 2.33. The third-order valence-corrected chi connectivity index (χ3v) is 2.33. The Morgan fingerprint density at radius 3 is 2.00 bits per heavy atom. The van der Waals surface area contributed by atoms with E-state index in [0.717, 1.165) is 26.1 Å². The zero-order valence-corrected chi connectivity index (χ0v) is 11.5. The monoisotopic (exact) mass is 229 g/mol. The van der Waals surface area contributed by atoms with Crippen molar-refractivity contribution >= 4 is 5.97 Å². The lowest BCUT2D eigenvalue weighted by Crippen LogP contribution is -2.32. The molecule has 0 aliphatic carbocycles. The first-order chi connectivity index (χ1) is 7.45. The van der Waals surface area contributed by atoms with Gasteiger partial charge < -0.3 is 9.64 Å². The molecular formula is C13H27NO2. The lowest BCUT2D eigenvalue weighted by Gasteiger charge is -2.25. The summed E-state index contributed by atoms with van der Waals surface area (Å²) in [6, 6.07) is 0. The quantitative estimate of drug-likeness (QED) is 0.599. The summed E-state index contributed by atoms with van der Waals surface area (Å²) in [6.07, 6.45) is 1.43. The summed E-state index contributed by atoms with van der Waals surface area (Å²) in [7, 11) is 1.45. The Kier molecular flexibility index (Phi) is 8.26. The van der Waals surface area contributed by atoms with Gasteiger partial charge in [-0.3, -0.25) is 4.79 Å². The van der Waals surface area contributed by atoms with Crippen LogP contribution >= 0.6 is 0 Å². The third kappa shape index (κ3) is 8.72. The van der Waals surface area contributed by atoms with E-state index in [1.165, 1.54) is 7.11 Å². The summed E-state index contributed by atoms with van der Waals surface area (Å²) >= 11 is 0. The summed E-state index contributed by atoms with van der Waals surface area (Å²) in [6.45, 7) is 12.1. The Bertz CT molecular complexity index is 180. The van der Waals surface area contributed by atoms with Crippen molar-refractivity contribution in [2.24, 2.45) is 11.8 Å². The molecule has 0 amide bonds. The van der Waals surface area contributed by atoms with Crippen molar-refractivity contribution in [1.29, 1.82) is 0 Å². The molecule has 0 spiro atoms. The molecule has 0 N–H and O–H groups in total. The largest absolute Gasteiger partial charge is 0.469 e. The van der Waals surface area contributed by atoms with Crippen molar-refractivity contribution in [2.75, 3.05) is 26.7 Å². The van der Waals surface area contributed by atoms with Crippen LogP contribution in [0.1, 0.15) is 40.5 Å². The SMILES string of the molecule is COC(=O)CCCN(CC(C)C)CC(C)C. The molecule has 0 rings (SSSR count). The Labute approximate surface area is 100 Å². The highest BCUT2D eigenvalue weighted by atomic mass is 16.5. The summed E-state index contributed by atoms with van der Waals surface area (Å²) in [5.74, 6) is 1.25. The molecule has 0 aromatic carbocycles. The van der Waals surface area contributed by atoms with Crippen LogP contribution in [0.25, 0.3) is 0 Å². The number of rotatable bonds is 8. The smallest absolute Gasteiger partial charge is 0.305 e. The van der Waals surface area contributed by atoms with Gasteiger partial charge in [0.15, 0.2) is 0 Å². The van der Waals surface area contributed by atoms with Gasteiger partial charge in [-0.15, -0.1) is 0 Å². The number of nitrogens with zero attached hydrogens (tertiary/aromatic N) is 1. The first-order valence-corrected chi connectivity index (χ1v) is 6.24. The van der Waals surface area contributed by atoms with Crippen molar-refractivity contribution in [2.45, 2.75) is 40.5 Å². The average molecular weight is 229 g/mol. The van der Waals surface area contributed by atoms with Crippen LogP contribution in [0.3, 0.4) is 0 Å². The van der Waals surface area contributed by atoms with Crippen LogP contribution in [0.4, 0.5) is 0 Å². The number of ether oxygens (including phenoxy) is 1. The fourth-order valence-electron chi connectivity index (χ4n) is 1.84. The zero-order chi connectivity index (χ0) is 12.6. The highest BCUT2D eigenvalue weighted by molar-refractivity contribution is 5.69. The van der Waals surface area contributed by atoms with Gasteiger partial charge >= 0.3 is 5.97 Å². The van der Waals surface area contributed by atoms with Crippen molar-refractivity contribution in [3.05, 3.63) is 0 Å². The number of carbonyl (C=O) groups is 1. The predicted molar refractivity (Wildman–Crippen MR) is 67.4 cm³/mol. The molecule has 0 heterocycles. The van der Waals surface area contributed by atoms with Crippen LogP contribution in [0.15, 0.2) is 0 Å². The van der Waals surface area contributed by atoms with Crippen LogP contribution < -0.4 is 0 Å². The van der Waals surface area contributed by atoms with E-state index in [1.54, 1.807) is 0 Å². The van der Waals surface area contributed by atoms with Gasteiger partial charge in [-0.05, 0) is 24.8 Å². The van der Waals surface area contributed by atoms with Gasteiger partial charge in [0.05, 0.1) is 7.11 Å². The molecule has 0 aliphatic heterocycles. The number of hydrogen-bond donors (Lipinski definition) is 0. The van der Waals surface area contributed by atoms with E-state index in [2.05, 4.69) is 37.3 Å². The molecule has 16 heavy (non-hydrogen) atoms. The second-order valence-corrected chi connectivity index (χ2v) is 5.23. The second kappa shape index (κ2) is 8.57. The molecule has 0 saturated carbocycles. The minimum Gasteiger partial charge on any atom is -0.469 e. The Balaban J connectivity index is 3.86. The normalized spacial score (nSPS) is 11.5. The second-order valence-electron chi connectivity index (χ2n) is 5.23. The van der Waals surface area contributed by atoms with Crippen LogP contribution in [0.5, 0.6) is 0 Å². The molecule has 0 saturated heterocycles. The minimum atomic E-state index is -0.103. The van der Waals surface area contributed by atoms with Gasteiger partial charge in [-0.25, -0.2) is 0 Å². The van der Waals surface area contributed by atoms with Gasteiger partial charge in [0.25, 0.3) is 0 Å². The number of esters is 1. The van der Waals surface area contributed by atoms with Gasteiger partial charge in [-0.2, -0.15) is 0 Å². The van der Waals surface area contributed by atoms with Gasteiger partial charge in [0, 0.05) is 19.5 Å². The molecule has 0 aromatic heterocycles. The van der Waals surface area contributed by atoms with E-state index in [1.807, 2.05) is 0 Å². The van der Waals surface area contributed by atoms with E-state index >= 15 is 0 Å². The number of methoxy groups -OCH3 is 1. The zero-order valence-electron chi connectivity index (χ0n) is 11.5. The first-order valence-electron chi connectivity index (χ1n) is 6.24. The lowest BCUT2D eigenvalue weighted by atomic mass is 10.1. The minimum absolute atomic E-state index is 0.103. The first kappa shape index (κ1) is 15.4. The maximum Gasteiger partial charge on any atom is 0.305 e. The van der Waals surface area contributed by atoms with E-state index in [0.29, 0.717) is 18.3 Å². The summed E-state index contributed by atoms with van der Waals surface area (Å²) in [5.41, 5.74) is 0. The molecule has 96 valence electrons. The molecule has 0 radical (unpaired) electrons. The highest BCUT2D eigenvalue weighted by Gasteiger charge is 2.10. The molecule has 3 nitrogen and oxygen atoms in total. The van der Waals surface area contributed by atoms with Crippen molar-refractivity contribution in [3.8, 4) is 0 Å². The lowest BCUT2D eigenvalue weighted by molar-refractivity contribution is -0.140. The summed E-state index contributed by atoms with van der Waals surface area (Å²) < 4.78 is 4.64. The highest BCUT2D eigenvalue weighted by Crippen LogP contribution is 2.05. The molecular weight excluding hydrogens is 202 g/mol. The van der Waals surface area contributed by atoms with Crippen molar-refractivity contribution < 1.29 is 9.53 Å². The number of carbonyl (C=O) groups excluding carboxylic acids is 1. The number of hydrogen-bond acceptors (Lipinski definition) is 3. The topological polar surface area (TPSA) is 29.5 Å². The van der Waals surface area contributed by atoms with E-state index in [-0.39, 0.29) is 5.97 Å². The molecule has 0 unspecified atom stereocenters. The Morgan fingerprint density at radius 2 is 1.62 bits per heavy atom. The van der Waals surface area contributed by atoms with Crippen LogP contribution in [-0.2, 0) is 9.53 Å². The van der Waals surface area contributed by atoms with Crippen LogP contribution in [-0.4, -0.2) is 37.6 Å². The van der Waals surface area contributed by atoms with Crippen LogP contribution in [0, 0.1) is 11.8 Å². The fourth-order valence-corrected chi connectivity index (χ4v) is 1.84. The van der Waals surface area contributed by atoms with E-state index in [4.69, 9.17) is 0 Å². The maximum atomic E-state index is 11.0. The maximum absolute atomic E-state index is 11.0. The van der Waals surface area contributed by atoms with Gasteiger partial charge in [0.2, 0.25) is 0 Å². The molecule has 0 fully saturated rings. The van der Waals surface area contributed by atoms with Crippen LogP contribution in [0.2, 0.25) is 0 Å². The summed E-state index contributed by atoms with van der Waals surface area (Å²) in [5, 5.41) is 0. The fraction of sp³-hybridized carbons (Fsp3) is 0.923. The molecule has 0 aromatic rings. The predicted octanol–water partition coefficient (Wildman–Crippen LogP) is 2.55. The van der Waals surface area contributed by atoms with Gasteiger partial charge in [0.1, 0.15) is 0 Å². The van der Waals surface area contributed by atoms with Gasteiger partial charge in [-0.1, -0.05) is 27.7 Å². The van der Waals surface area contributed by atoms with Crippen molar-refractivity contribution in [1.82, 2.24) is 4.90 Å². The standard InChI is InChI=1S/C13H27NO2/c1-11(2)9-14(10-12(3)4)8-6-7-13(15)16-5/h11-12H,6-10H2,1-5H3.